The summed E-state index contributed by atoms with van der Waals surface area (Å²) >= 11 is 0. The Morgan fingerprint density at radius 1 is 1.55 bits per heavy atom. The van der Waals surface area contributed by atoms with Crippen LogP contribution in [0.25, 0.3) is 0 Å². The van der Waals surface area contributed by atoms with Crippen LogP contribution in [0.1, 0.15) is 6.92 Å². The Hall–Kier alpha value is -0.710. The second-order valence-corrected chi connectivity index (χ2v) is 1.74. The minimum Gasteiger partial charge on any atom is -0.464 e. The fourth-order valence-electron chi connectivity index (χ4n) is 0.526. The first-order valence-corrected chi connectivity index (χ1v) is 3.11. The van der Waals surface area contributed by atoms with Gasteiger partial charge in [-0.25, -0.2) is 13.6 Å². The molecule has 0 saturated carbocycles. The lowest BCUT2D eigenvalue weighted by atomic mass is 10.4. The van der Waals surface area contributed by atoms with E-state index in [-0.39, 0.29) is 6.61 Å². The zero-order chi connectivity index (χ0) is 8.85. The molecule has 0 aromatic heterocycles. The predicted molar refractivity (Wildman–Crippen MR) is 33.4 cm³/mol. The van der Waals surface area contributed by atoms with E-state index in [1.54, 1.807) is 0 Å². The Bertz CT molecular complexity index is 127. The maximum absolute atomic E-state index is 11.8. The van der Waals surface area contributed by atoms with Crippen LogP contribution in [0.15, 0.2) is 0 Å². The largest absolute Gasteiger partial charge is 0.464 e. The van der Waals surface area contributed by atoms with Crippen LogP contribution < -0.4 is 0 Å². The molecule has 0 aromatic carbocycles. The van der Waals surface area contributed by atoms with Gasteiger partial charge in [0, 0.05) is 7.11 Å². The number of alkyl halides is 2. The third kappa shape index (κ3) is 3.27. The molecule has 1 atom stereocenters. The Morgan fingerprint density at radius 3 is 2.36 bits per heavy atom. The van der Waals surface area contributed by atoms with Crippen molar-refractivity contribution in [3.63, 3.8) is 0 Å². The van der Waals surface area contributed by atoms with Crippen molar-refractivity contribution in [2.45, 2.75) is 19.5 Å². The van der Waals surface area contributed by atoms with E-state index in [1.165, 1.54) is 6.92 Å². The van der Waals surface area contributed by atoms with Crippen molar-refractivity contribution in [2.24, 2.45) is 0 Å². The molecule has 0 bridgehead atoms. The molecule has 0 N–H and O–H groups in total. The third-order valence-corrected chi connectivity index (χ3v) is 1.00. The van der Waals surface area contributed by atoms with E-state index in [4.69, 9.17) is 0 Å². The average Bonchev–Trinajstić information content (AvgIpc) is 1.88. The van der Waals surface area contributed by atoms with Gasteiger partial charge in [0.2, 0.25) is 6.10 Å². The first kappa shape index (κ1) is 10.3. The molecule has 0 spiro atoms. The average molecular weight is 168 g/mol. The predicted octanol–water partition coefficient (Wildman–Crippen LogP) is 0.830. The van der Waals surface area contributed by atoms with Crippen LogP contribution in [0.3, 0.4) is 0 Å². The number of halogens is 2. The fourth-order valence-corrected chi connectivity index (χ4v) is 0.526. The number of hydrogen-bond donors (Lipinski definition) is 0. The summed E-state index contributed by atoms with van der Waals surface area (Å²) in [6, 6.07) is 0. The van der Waals surface area contributed by atoms with E-state index >= 15 is 0 Å². The highest BCUT2D eigenvalue weighted by Gasteiger charge is 2.29. The zero-order valence-electron chi connectivity index (χ0n) is 6.34. The molecule has 0 rings (SSSR count). The van der Waals surface area contributed by atoms with Gasteiger partial charge in [0.25, 0.3) is 6.43 Å². The van der Waals surface area contributed by atoms with Crippen molar-refractivity contribution < 1.29 is 23.0 Å². The molecular formula is C6H10F2O3. The lowest BCUT2D eigenvalue weighted by Gasteiger charge is -2.11. The van der Waals surface area contributed by atoms with Gasteiger partial charge in [-0.05, 0) is 6.92 Å². The van der Waals surface area contributed by atoms with Gasteiger partial charge in [-0.2, -0.15) is 0 Å². The quantitative estimate of drug-likeness (QED) is 0.583. The Kier molecular flexibility index (Phi) is 4.69. The highest BCUT2D eigenvalue weighted by molar-refractivity contribution is 5.75. The number of esters is 1. The summed E-state index contributed by atoms with van der Waals surface area (Å²) in [6.45, 7) is 1.61. The lowest BCUT2D eigenvalue weighted by molar-refractivity contribution is -0.164. The summed E-state index contributed by atoms with van der Waals surface area (Å²) < 4.78 is 32.2. The normalized spacial score (nSPS) is 13.2. The minimum atomic E-state index is -2.83. The van der Waals surface area contributed by atoms with Crippen LogP contribution in [0.4, 0.5) is 8.78 Å². The zero-order valence-corrected chi connectivity index (χ0v) is 6.34. The smallest absolute Gasteiger partial charge is 0.341 e. The van der Waals surface area contributed by atoms with Gasteiger partial charge in [0.15, 0.2) is 0 Å². The van der Waals surface area contributed by atoms with Crippen molar-refractivity contribution in [1.29, 1.82) is 0 Å². The fraction of sp³-hybridized carbons (Fsp3) is 0.833. The summed E-state index contributed by atoms with van der Waals surface area (Å²) in [5, 5.41) is 0. The Labute approximate surface area is 63.3 Å². The second-order valence-electron chi connectivity index (χ2n) is 1.74. The number of carbonyl (C=O) groups is 1. The molecule has 0 amide bonds. The van der Waals surface area contributed by atoms with Gasteiger partial charge < -0.3 is 9.47 Å². The van der Waals surface area contributed by atoms with Gasteiger partial charge in [0.1, 0.15) is 0 Å². The Balaban J connectivity index is 3.92. The standard InChI is InChI=1S/C6H10F2O3/c1-3-11-6(9)4(10-2)5(7)8/h4-5H,3H2,1-2H3. The van der Waals surface area contributed by atoms with Gasteiger partial charge in [-0.3, -0.25) is 0 Å². The molecule has 11 heavy (non-hydrogen) atoms. The molecule has 0 heterocycles. The van der Waals surface area contributed by atoms with Crippen LogP contribution >= 0.6 is 0 Å². The van der Waals surface area contributed by atoms with Crippen LogP contribution in [-0.2, 0) is 14.3 Å². The van der Waals surface area contributed by atoms with Crippen LogP contribution in [0, 0.1) is 0 Å². The monoisotopic (exact) mass is 168 g/mol. The maximum Gasteiger partial charge on any atom is 0.341 e. The molecule has 0 aliphatic heterocycles. The van der Waals surface area contributed by atoms with E-state index in [0.717, 1.165) is 7.11 Å². The molecule has 5 heteroatoms. The summed E-state index contributed by atoms with van der Waals surface area (Å²) in [5.41, 5.74) is 0. The molecule has 0 fully saturated rings. The van der Waals surface area contributed by atoms with E-state index in [0.29, 0.717) is 0 Å². The van der Waals surface area contributed by atoms with E-state index in [2.05, 4.69) is 9.47 Å². The highest BCUT2D eigenvalue weighted by atomic mass is 19.3. The molecule has 0 saturated heterocycles. The lowest BCUT2D eigenvalue weighted by Crippen LogP contribution is -2.32. The topological polar surface area (TPSA) is 35.5 Å². The first-order chi connectivity index (χ1) is 5.13. The second kappa shape index (κ2) is 5.01. The van der Waals surface area contributed by atoms with E-state index in [9.17, 15) is 13.6 Å². The summed E-state index contributed by atoms with van der Waals surface area (Å²) in [5.74, 6) is -1.02. The van der Waals surface area contributed by atoms with E-state index < -0.39 is 18.5 Å². The molecule has 0 aliphatic carbocycles. The highest BCUT2D eigenvalue weighted by Crippen LogP contribution is 2.06. The van der Waals surface area contributed by atoms with Crippen LogP contribution in [-0.4, -0.2) is 32.2 Å². The van der Waals surface area contributed by atoms with Gasteiger partial charge in [-0.1, -0.05) is 0 Å². The first-order valence-electron chi connectivity index (χ1n) is 3.11. The molecule has 0 aliphatic rings. The Morgan fingerprint density at radius 2 is 2.09 bits per heavy atom. The van der Waals surface area contributed by atoms with Crippen molar-refractivity contribution >= 4 is 5.97 Å². The van der Waals surface area contributed by atoms with Gasteiger partial charge in [-0.15, -0.1) is 0 Å². The molecule has 3 nitrogen and oxygen atoms in total. The van der Waals surface area contributed by atoms with Crippen molar-refractivity contribution in [2.75, 3.05) is 13.7 Å². The molecular weight excluding hydrogens is 158 g/mol. The molecule has 0 aromatic rings. The van der Waals surface area contributed by atoms with Crippen LogP contribution in [0.5, 0.6) is 0 Å². The summed E-state index contributed by atoms with van der Waals surface area (Å²) in [4.78, 5) is 10.6. The summed E-state index contributed by atoms with van der Waals surface area (Å²) in [6.07, 6.45) is -4.59. The van der Waals surface area contributed by atoms with Crippen LogP contribution in [0.2, 0.25) is 0 Å². The number of hydrogen-bond acceptors (Lipinski definition) is 3. The number of rotatable bonds is 4. The van der Waals surface area contributed by atoms with Crippen molar-refractivity contribution in [3.8, 4) is 0 Å². The number of carbonyl (C=O) groups excluding carboxylic acids is 1. The number of methoxy groups -OCH3 is 1. The third-order valence-electron chi connectivity index (χ3n) is 1.00. The SMILES string of the molecule is CCOC(=O)C(OC)C(F)F. The molecule has 0 radical (unpaired) electrons. The van der Waals surface area contributed by atoms with Gasteiger partial charge >= 0.3 is 5.97 Å². The van der Waals surface area contributed by atoms with Crippen molar-refractivity contribution in [3.05, 3.63) is 0 Å². The minimum absolute atomic E-state index is 0.0748. The molecule has 1 unspecified atom stereocenters. The van der Waals surface area contributed by atoms with E-state index in [1.807, 2.05) is 0 Å². The summed E-state index contributed by atoms with van der Waals surface area (Å²) in [7, 11) is 1.04. The van der Waals surface area contributed by atoms with Crippen molar-refractivity contribution in [1.82, 2.24) is 0 Å². The molecule has 66 valence electrons. The van der Waals surface area contributed by atoms with Gasteiger partial charge in [0.05, 0.1) is 6.61 Å². The number of ether oxygens (including phenoxy) is 2. The maximum atomic E-state index is 11.8.